The van der Waals surface area contributed by atoms with E-state index in [1.807, 2.05) is 31.3 Å². The van der Waals surface area contributed by atoms with Gasteiger partial charge in [0.1, 0.15) is 5.82 Å². The SMILES string of the molecule is Cc1ccncc1-c1cc(N)c2cnc(NC(=O)/C=C/C(=O)N3CCCCC3)cc2c1. The number of nitrogens with one attached hydrogen (secondary N) is 1. The first kappa shape index (κ1) is 20.5. The van der Waals surface area contributed by atoms with Crippen molar-refractivity contribution in [2.45, 2.75) is 26.2 Å². The van der Waals surface area contributed by atoms with Gasteiger partial charge in [0.15, 0.2) is 0 Å². The number of fused-ring (bicyclic) bond motifs is 1. The van der Waals surface area contributed by atoms with E-state index in [0.717, 1.165) is 59.8 Å². The molecule has 1 aliphatic rings. The van der Waals surface area contributed by atoms with Gasteiger partial charge < -0.3 is 16.0 Å². The molecule has 0 radical (unpaired) electrons. The van der Waals surface area contributed by atoms with Crippen molar-refractivity contribution in [1.29, 1.82) is 0 Å². The summed E-state index contributed by atoms with van der Waals surface area (Å²) in [6.07, 6.45) is 11.0. The largest absolute Gasteiger partial charge is 0.398 e. The third-order valence-electron chi connectivity index (χ3n) is 5.52. The highest BCUT2D eigenvalue weighted by molar-refractivity contribution is 6.04. The number of aromatic nitrogens is 2. The van der Waals surface area contributed by atoms with Crippen molar-refractivity contribution in [3.8, 4) is 11.1 Å². The van der Waals surface area contributed by atoms with Gasteiger partial charge in [-0.3, -0.25) is 14.6 Å². The van der Waals surface area contributed by atoms with Gasteiger partial charge in [0.25, 0.3) is 0 Å². The number of nitrogen functional groups attached to an aromatic ring is 1. The standard InChI is InChI=1S/C24H25N5O2/c1-16-7-8-26-14-19(16)17-11-18-13-22(27-15-20(18)21(25)12-17)28-23(30)5-6-24(31)29-9-3-2-4-10-29/h5-8,11-15H,2-4,9-10,25H2,1H3,(H,27,28,30)/b6-5+. The predicted molar refractivity (Wildman–Crippen MR) is 122 cm³/mol. The number of carbonyl (C=O) groups excluding carboxylic acids is 2. The summed E-state index contributed by atoms with van der Waals surface area (Å²) in [5.74, 6) is -0.137. The van der Waals surface area contributed by atoms with E-state index in [2.05, 4.69) is 15.3 Å². The first-order valence-corrected chi connectivity index (χ1v) is 10.4. The Labute approximate surface area is 181 Å². The molecule has 0 bridgehead atoms. The normalized spacial score (nSPS) is 14.2. The van der Waals surface area contributed by atoms with Gasteiger partial charge in [-0.15, -0.1) is 0 Å². The van der Waals surface area contributed by atoms with Crippen LogP contribution in [0.4, 0.5) is 11.5 Å². The lowest BCUT2D eigenvalue weighted by molar-refractivity contribution is -0.127. The molecular weight excluding hydrogens is 390 g/mol. The van der Waals surface area contributed by atoms with Gasteiger partial charge in [-0.1, -0.05) is 0 Å². The molecule has 7 heteroatoms. The summed E-state index contributed by atoms with van der Waals surface area (Å²) in [5, 5.41) is 4.38. The van der Waals surface area contributed by atoms with Crippen LogP contribution in [-0.4, -0.2) is 39.8 Å². The highest BCUT2D eigenvalue weighted by Gasteiger charge is 2.14. The van der Waals surface area contributed by atoms with Gasteiger partial charge >= 0.3 is 0 Å². The Morgan fingerprint density at radius 1 is 1.10 bits per heavy atom. The van der Waals surface area contributed by atoms with Crippen molar-refractivity contribution in [3.63, 3.8) is 0 Å². The third kappa shape index (κ3) is 4.71. The number of hydrogen-bond donors (Lipinski definition) is 2. The van der Waals surface area contributed by atoms with Crippen LogP contribution in [0.3, 0.4) is 0 Å². The van der Waals surface area contributed by atoms with E-state index in [9.17, 15) is 9.59 Å². The molecule has 1 saturated heterocycles. The lowest BCUT2D eigenvalue weighted by Crippen LogP contribution is -2.34. The van der Waals surface area contributed by atoms with E-state index in [1.54, 1.807) is 23.4 Å². The summed E-state index contributed by atoms with van der Waals surface area (Å²) in [7, 11) is 0. The topological polar surface area (TPSA) is 101 Å². The number of benzene rings is 1. The highest BCUT2D eigenvalue weighted by atomic mass is 16.2. The number of anilines is 2. The van der Waals surface area contributed by atoms with Crippen LogP contribution in [0.15, 0.2) is 55.0 Å². The van der Waals surface area contributed by atoms with E-state index < -0.39 is 5.91 Å². The molecule has 2 amide bonds. The lowest BCUT2D eigenvalue weighted by atomic mass is 9.99. The van der Waals surface area contributed by atoms with Gasteiger partial charge in [-0.05, 0) is 67.0 Å². The van der Waals surface area contributed by atoms with E-state index in [0.29, 0.717) is 11.5 Å². The number of nitrogens with zero attached hydrogens (tertiary/aromatic N) is 3. The molecule has 0 atom stereocenters. The average Bonchev–Trinajstić information content (AvgIpc) is 2.78. The quantitative estimate of drug-likeness (QED) is 0.500. The van der Waals surface area contributed by atoms with Crippen molar-refractivity contribution in [2.24, 2.45) is 0 Å². The van der Waals surface area contributed by atoms with Crippen molar-refractivity contribution in [1.82, 2.24) is 14.9 Å². The summed E-state index contributed by atoms with van der Waals surface area (Å²) < 4.78 is 0. The molecule has 0 spiro atoms. The van der Waals surface area contributed by atoms with Crippen molar-refractivity contribution in [2.75, 3.05) is 24.1 Å². The van der Waals surface area contributed by atoms with Gasteiger partial charge in [-0.25, -0.2) is 4.98 Å². The summed E-state index contributed by atoms with van der Waals surface area (Å²) in [5.41, 5.74) is 9.90. The molecule has 0 unspecified atom stereocenters. The maximum atomic E-state index is 12.3. The fourth-order valence-corrected chi connectivity index (χ4v) is 3.81. The van der Waals surface area contributed by atoms with Crippen LogP contribution in [0.2, 0.25) is 0 Å². The minimum atomic E-state index is -0.399. The van der Waals surface area contributed by atoms with Crippen molar-refractivity contribution in [3.05, 3.63) is 60.6 Å². The molecule has 0 saturated carbocycles. The molecule has 0 aliphatic carbocycles. The first-order chi connectivity index (χ1) is 15.0. The first-order valence-electron chi connectivity index (χ1n) is 10.4. The molecular formula is C24H25N5O2. The third-order valence-corrected chi connectivity index (χ3v) is 5.52. The minimum absolute atomic E-state index is 0.134. The van der Waals surface area contributed by atoms with Crippen molar-refractivity contribution >= 4 is 34.1 Å². The fraction of sp³-hybridized carbons (Fsp3) is 0.250. The van der Waals surface area contributed by atoms with Crippen LogP contribution >= 0.6 is 0 Å². The monoisotopic (exact) mass is 415 g/mol. The number of nitrogens with two attached hydrogens (primary N) is 1. The second-order valence-electron chi connectivity index (χ2n) is 7.76. The molecule has 1 fully saturated rings. The molecule has 3 N–H and O–H groups in total. The van der Waals surface area contributed by atoms with Crippen LogP contribution in [0, 0.1) is 6.92 Å². The number of amides is 2. The second-order valence-corrected chi connectivity index (χ2v) is 7.76. The highest BCUT2D eigenvalue weighted by Crippen LogP contribution is 2.31. The molecule has 3 aromatic rings. The summed E-state index contributed by atoms with van der Waals surface area (Å²) in [4.78, 5) is 34.8. The smallest absolute Gasteiger partial charge is 0.249 e. The van der Waals surface area contributed by atoms with Crippen LogP contribution in [0.1, 0.15) is 24.8 Å². The van der Waals surface area contributed by atoms with Gasteiger partial charge in [0, 0.05) is 60.5 Å². The van der Waals surface area contributed by atoms with Crippen molar-refractivity contribution < 1.29 is 9.59 Å². The Morgan fingerprint density at radius 2 is 1.90 bits per heavy atom. The molecule has 4 rings (SSSR count). The number of aryl methyl sites for hydroxylation is 1. The van der Waals surface area contributed by atoms with Gasteiger partial charge in [0.05, 0.1) is 0 Å². The maximum absolute atomic E-state index is 12.3. The zero-order valence-corrected chi connectivity index (χ0v) is 17.5. The molecule has 3 heterocycles. The average molecular weight is 415 g/mol. The summed E-state index contributed by atoms with van der Waals surface area (Å²) in [6.45, 7) is 3.52. The number of rotatable bonds is 4. The number of carbonyl (C=O) groups is 2. The number of pyridine rings is 2. The minimum Gasteiger partial charge on any atom is -0.398 e. The number of hydrogen-bond acceptors (Lipinski definition) is 5. The maximum Gasteiger partial charge on any atom is 0.249 e. The van der Waals surface area contributed by atoms with E-state index in [-0.39, 0.29) is 5.91 Å². The molecule has 2 aromatic heterocycles. The second kappa shape index (κ2) is 8.95. The van der Waals surface area contributed by atoms with Crippen LogP contribution in [-0.2, 0) is 9.59 Å². The summed E-state index contributed by atoms with van der Waals surface area (Å²) >= 11 is 0. The molecule has 1 aromatic carbocycles. The Kier molecular flexibility index (Phi) is 5.93. The molecule has 158 valence electrons. The fourth-order valence-electron chi connectivity index (χ4n) is 3.81. The molecule has 1 aliphatic heterocycles. The van der Waals surface area contributed by atoms with Gasteiger partial charge in [0.2, 0.25) is 11.8 Å². The summed E-state index contributed by atoms with van der Waals surface area (Å²) in [6, 6.07) is 7.63. The zero-order valence-electron chi connectivity index (χ0n) is 17.5. The predicted octanol–water partition coefficient (Wildman–Crippen LogP) is 3.69. The Morgan fingerprint density at radius 3 is 2.68 bits per heavy atom. The number of likely N-dealkylation sites (tertiary alicyclic amines) is 1. The van der Waals surface area contributed by atoms with Crippen LogP contribution in [0.5, 0.6) is 0 Å². The van der Waals surface area contributed by atoms with E-state index >= 15 is 0 Å². The Balaban J connectivity index is 1.53. The van der Waals surface area contributed by atoms with E-state index in [1.165, 1.54) is 12.2 Å². The Hall–Kier alpha value is -3.74. The zero-order chi connectivity index (χ0) is 21.8. The van der Waals surface area contributed by atoms with E-state index in [4.69, 9.17) is 5.73 Å². The lowest BCUT2D eigenvalue weighted by Gasteiger charge is -2.25. The van der Waals surface area contributed by atoms with Gasteiger partial charge in [-0.2, -0.15) is 0 Å². The molecule has 31 heavy (non-hydrogen) atoms. The Bertz CT molecular complexity index is 1170. The van der Waals surface area contributed by atoms with Crippen LogP contribution < -0.4 is 11.1 Å². The van der Waals surface area contributed by atoms with Crippen LogP contribution in [0.25, 0.3) is 21.9 Å². The molecule has 7 nitrogen and oxygen atoms in total. The number of piperidine rings is 1.